The second-order valence-corrected chi connectivity index (χ2v) is 7.09. The van der Waals surface area contributed by atoms with Gasteiger partial charge in [-0.05, 0) is 18.6 Å². The first-order valence-electron chi connectivity index (χ1n) is 7.36. The molecule has 1 aliphatic rings. The molecule has 0 aromatic heterocycles. The van der Waals surface area contributed by atoms with E-state index in [-0.39, 0.29) is 28.5 Å². The number of nitrogens with zero attached hydrogens (tertiary/aromatic N) is 1. The van der Waals surface area contributed by atoms with Crippen molar-refractivity contribution >= 4 is 27.5 Å². The number of carbonyl (C=O) groups is 2. The number of rotatable bonds is 5. The average Bonchev–Trinajstić information content (AvgIpc) is 2.48. The molecule has 0 aliphatic carbocycles. The minimum Gasteiger partial charge on any atom is -0.424 e. The number of allylic oxidation sites excluding steroid dienone is 1. The van der Waals surface area contributed by atoms with Crippen molar-refractivity contribution in [1.82, 2.24) is 4.31 Å². The Morgan fingerprint density at radius 3 is 2.39 bits per heavy atom. The summed E-state index contributed by atoms with van der Waals surface area (Å²) in [5.41, 5.74) is 0.146. The minimum absolute atomic E-state index is 0.00604. The lowest BCUT2D eigenvalue weighted by Gasteiger charge is -2.32. The lowest BCUT2D eigenvalue weighted by Crippen LogP contribution is -2.38. The van der Waals surface area contributed by atoms with Gasteiger partial charge >= 0.3 is 5.97 Å². The highest BCUT2D eigenvalue weighted by atomic mass is 32.2. The monoisotopic (exact) mass is 337 g/mol. The van der Waals surface area contributed by atoms with E-state index in [2.05, 4.69) is 0 Å². The van der Waals surface area contributed by atoms with Crippen LogP contribution in [0, 0.1) is 0 Å². The molecule has 0 saturated carbocycles. The molecule has 0 unspecified atom stereocenters. The van der Waals surface area contributed by atoms with Crippen LogP contribution in [0.5, 0.6) is 0 Å². The van der Waals surface area contributed by atoms with Crippen molar-refractivity contribution in [2.24, 2.45) is 0 Å². The van der Waals surface area contributed by atoms with Gasteiger partial charge in [0.15, 0.2) is 11.5 Å². The largest absolute Gasteiger partial charge is 0.424 e. The predicted octanol–water partition coefficient (Wildman–Crippen LogP) is 2.31. The number of sulfonamides is 1. The number of carbonyl (C=O) groups excluding carboxylic acids is 2. The summed E-state index contributed by atoms with van der Waals surface area (Å²) in [6.45, 7) is 4.57. The molecule has 0 N–H and O–H groups in total. The summed E-state index contributed by atoms with van der Waals surface area (Å²) in [5, 5.41) is 0. The number of ketones is 1. The van der Waals surface area contributed by atoms with Gasteiger partial charge in [0, 0.05) is 26.0 Å². The van der Waals surface area contributed by atoms with Crippen LogP contribution < -0.4 is 0 Å². The van der Waals surface area contributed by atoms with E-state index in [1.54, 1.807) is 12.1 Å². The molecule has 23 heavy (non-hydrogen) atoms. The van der Waals surface area contributed by atoms with Crippen LogP contribution in [0.4, 0.5) is 0 Å². The van der Waals surface area contributed by atoms with Crippen molar-refractivity contribution in [2.45, 2.75) is 38.5 Å². The van der Waals surface area contributed by atoms with E-state index in [0.29, 0.717) is 6.42 Å². The highest BCUT2D eigenvalue weighted by Crippen LogP contribution is 2.37. The number of hydrogen-bond donors (Lipinski definition) is 0. The highest BCUT2D eigenvalue weighted by Gasteiger charge is 2.39. The quantitative estimate of drug-likeness (QED) is 0.770. The first kappa shape index (κ1) is 17.2. The third-order valence-corrected chi connectivity index (χ3v) is 5.32. The van der Waals surface area contributed by atoms with E-state index in [4.69, 9.17) is 4.74 Å². The van der Waals surface area contributed by atoms with Gasteiger partial charge in [-0.15, -0.1) is 0 Å². The van der Waals surface area contributed by atoms with Crippen LogP contribution >= 0.6 is 0 Å². The van der Waals surface area contributed by atoms with Crippen molar-refractivity contribution < 1.29 is 22.7 Å². The molecule has 7 heteroatoms. The molecule has 124 valence electrons. The fraction of sp³-hybridized carbons (Fsp3) is 0.375. The molecule has 0 bridgehead atoms. The molecular weight excluding hydrogens is 318 g/mol. The van der Waals surface area contributed by atoms with Gasteiger partial charge in [0.1, 0.15) is 5.70 Å². The van der Waals surface area contributed by atoms with Crippen LogP contribution in [-0.2, 0) is 24.3 Å². The van der Waals surface area contributed by atoms with E-state index in [0.717, 1.165) is 10.7 Å². The van der Waals surface area contributed by atoms with E-state index in [1.807, 2.05) is 6.92 Å². The Morgan fingerprint density at radius 2 is 1.83 bits per heavy atom. The zero-order valence-electron chi connectivity index (χ0n) is 13.3. The van der Waals surface area contributed by atoms with Crippen molar-refractivity contribution in [3.63, 3.8) is 0 Å². The summed E-state index contributed by atoms with van der Waals surface area (Å²) in [5.74, 6) is -1.06. The Balaban J connectivity index is 2.77. The Kier molecular flexibility index (Phi) is 4.89. The SMILES string of the molecule is CCCCN1C(C(C)=O)=C(OC(C)=O)c2ccccc2S1(=O)=O. The van der Waals surface area contributed by atoms with Gasteiger partial charge < -0.3 is 4.74 Å². The van der Waals surface area contributed by atoms with E-state index in [9.17, 15) is 18.0 Å². The Hall–Kier alpha value is -2.15. The summed E-state index contributed by atoms with van der Waals surface area (Å²) in [7, 11) is -3.85. The second-order valence-electron chi connectivity index (χ2n) is 5.25. The summed E-state index contributed by atoms with van der Waals surface area (Å²) in [6, 6.07) is 6.21. The Bertz CT molecular complexity index is 779. The summed E-state index contributed by atoms with van der Waals surface area (Å²) >= 11 is 0. The van der Waals surface area contributed by atoms with Crippen molar-refractivity contribution in [3.05, 3.63) is 35.5 Å². The number of unbranched alkanes of at least 4 members (excludes halogenated alkanes) is 1. The number of Topliss-reactive ketones (excluding diaryl/α,β-unsaturated/α-hetero) is 1. The van der Waals surface area contributed by atoms with Gasteiger partial charge in [-0.3, -0.25) is 13.9 Å². The van der Waals surface area contributed by atoms with Gasteiger partial charge in [0.2, 0.25) is 0 Å². The molecule has 0 amide bonds. The molecule has 1 aromatic rings. The zero-order chi connectivity index (χ0) is 17.2. The van der Waals surface area contributed by atoms with E-state index in [1.165, 1.54) is 26.0 Å². The fourth-order valence-corrected chi connectivity index (χ4v) is 4.22. The molecule has 0 atom stereocenters. The normalized spacial score (nSPS) is 16.0. The maximum Gasteiger partial charge on any atom is 0.308 e. The van der Waals surface area contributed by atoms with Gasteiger partial charge in [-0.2, -0.15) is 0 Å². The van der Waals surface area contributed by atoms with E-state index < -0.39 is 21.8 Å². The van der Waals surface area contributed by atoms with Gasteiger partial charge in [0.25, 0.3) is 10.0 Å². The molecule has 6 nitrogen and oxygen atoms in total. The first-order valence-corrected chi connectivity index (χ1v) is 8.80. The number of fused-ring (bicyclic) bond motifs is 1. The maximum atomic E-state index is 12.9. The highest BCUT2D eigenvalue weighted by molar-refractivity contribution is 7.89. The minimum atomic E-state index is -3.85. The lowest BCUT2D eigenvalue weighted by molar-refractivity contribution is -0.134. The van der Waals surface area contributed by atoms with Crippen LogP contribution in [0.15, 0.2) is 34.9 Å². The molecule has 0 spiro atoms. The molecule has 1 aromatic carbocycles. The fourth-order valence-electron chi connectivity index (χ4n) is 2.48. The van der Waals surface area contributed by atoms with Gasteiger partial charge in [-0.1, -0.05) is 25.5 Å². The predicted molar refractivity (Wildman–Crippen MR) is 84.6 cm³/mol. The molecule has 1 heterocycles. The van der Waals surface area contributed by atoms with Crippen molar-refractivity contribution in [1.29, 1.82) is 0 Å². The molecule has 0 radical (unpaired) electrons. The topological polar surface area (TPSA) is 80.8 Å². The number of hydrogen-bond acceptors (Lipinski definition) is 5. The third kappa shape index (κ3) is 3.14. The van der Waals surface area contributed by atoms with Crippen molar-refractivity contribution in [3.8, 4) is 0 Å². The molecule has 0 saturated heterocycles. The Morgan fingerprint density at radius 1 is 1.17 bits per heavy atom. The smallest absolute Gasteiger partial charge is 0.308 e. The summed E-state index contributed by atoms with van der Waals surface area (Å²) in [4.78, 5) is 23.6. The number of ether oxygens (including phenoxy) is 1. The summed E-state index contributed by atoms with van der Waals surface area (Å²) in [6.07, 6.45) is 1.35. The third-order valence-electron chi connectivity index (χ3n) is 3.46. The molecule has 2 rings (SSSR count). The standard InChI is InChI=1S/C16H19NO5S/c1-4-5-10-17-15(11(2)18)16(22-12(3)19)13-8-6-7-9-14(13)23(17,20)21/h6-9H,4-5,10H2,1-3H3. The van der Waals surface area contributed by atoms with Crippen molar-refractivity contribution in [2.75, 3.05) is 6.54 Å². The van der Waals surface area contributed by atoms with Crippen LogP contribution in [0.3, 0.4) is 0 Å². The van der Waals surface area contributed by atoms with Crippen LogP contribution in [0.1, 0.15) is 39.2 Å². The van der Waals surface area contributed by atoms with Gasteiger partial charge in [-0.25, -0.2) is 8.42 Å². The first-order chi connectivity index (χ1) is 10.8. The van der Waals surface area contributed by atoms with Crippen LogP contribution in [-0.4, -0.2) is 31.0 Å². The Labute approximate surface area is 135 Å². The maximum absolute atomic E-state index is 12.9. The molecule has 0 fully saturated rings. The van der Waals surface area contributed by atoms with Crippen LogP contribution in [0.25, 0.3) is 5.76 Å². The van der Waals surface area contributed by atoms with Gasteiger partial charge in [0.05, 0.1) is 4.90 Å². The molecular formula is C16H19NO5S. The summed E-state index contributed by atoms with van der Waals surface area (Å²) < 4.78 is 32.0. The second kappa shape index (κ2) is 6.54. The number of esters is 1. The lowest BCUT2D eigenvalue weighted by atomic mass is 10.1. The van der Waals surface area contributed by atoms with E-state index >= 15 is 0 Å². The average molecular weight is 337 g/mol. The number of benzene rings is 1. The molecule has 1 aliphatic heterocycles. The zero-order valence-corrected chi connectivity index (χ0v) is 14.1. The van der Waals surface area contributed by atoms with Crippen LogP contribution in [0.2, 0.25) is 0 Å².